The van der Waals surface area contributed by atoms with Gasteiger partial charge < -0.3 is 9.47 Å². The normalized spacial score (nSPS) is 13.1. The summed E-state index contributed by atoms with van der Waals surface area (Å²) in [5, 5.41) is 10.1. The van der Waals surface area contributed by atoms with Crippen molar-refractivity contribution in [3.05, 3.63) is 204 Å². The molecule has 11 aromatic rings. The van der Waals surface area contributed by atoms with E-state index in [0.717, 1.165) is 17.1 Å². The first-order valence-electron chi connectivity index (χ1n) is 26.9. The van der Waals surface area contributed by atoms with Gasteiger partial charge in [-0.15, -0.1) is 0 Å². The number of nitrogens with zero attached hydrogens (tertiary/aromatic N) is 2. The van der Waals surface area contributed by atoms with Crippen molar-refractivity contribution in [1.82, 2.24) is 4.57 Å². The minimum atomic E-state index is -0.101. The molecule has 0 saturated heterocycles. The van der Waals surface area contributed by atoms with Gasteiger partial charge in [-0.3, -0.25) is 0 Å². The third-order valence-corrected chi connectivity index (χ3v) is 15.9. The van der Waals surface area contributed by atoms with Crippen molar-refractivity contribution < 1.29 is 0 Å². The fourth-order valence-corrected chi connectivity index (χ4v) is 11.4. The van der Waals surface area contributed by atoms with Crippen LogP contribution in [0.1, 0.15) is 132 Å². The minimum absolute atomic E-state index is 0.0192. The van der Waals surface area contributed by atoms with Crippen LogP contribution >= 0.6 is 0 Å². The Hall–Kier alpha value is -7.16. The molecule has 74 heavy (non-hydrogen) atoms. The van der Waals surface area contributed by atoms with Crippen LogP contribution in [-0.4, -0.2) is 4.57 Å². The van der Waals surface area contributed by atoms with Crippen molar-refractivity contribution in [3.63, 3.8) is 0 Å². The Morgan fingerprint density at radius 2 is 0.770 bits per heavy atom. The predicted octanol–water partition coefficient (Wildman–Crippen LogP) is 21.0. The van der Waals surface area contributed by atoms with Crippen LogP contribution < -0.4 is 4.90 Å². The molecule has 0 radical (unpaired) electrons. The van der Waals surface area contributed by atoms with E-state index in [4.69, 9.17) is 0 Å². The van der Waals surface area contributed by atoms with Crippen molar-refractivity contribution in [1.29, 1.82) is 0 Å². The van der Waals surface area contributed by atoms with E-state index in [2.05, 4.69) is 289 Å². The summed E-state index contributed by atoms with van der Waals surface area (Å²) in [7, 11) is 0. The third-order valence-electron chi connectivity index (χ3n) is 15.9. The number of hydrogen-bond acceptors (Lipinski definition) is 1. The molecule has 0 amide bonds. The van der Waals surface area contributed by atoms with E-state index in [1.807, 2.05) is 0 Å². The van der Waals surface area contributed by atoms with Crippen LogP contribution in [0.2, 0.25) is 0 Å². The van der Waals surface area contributed by atoms with E-state index in [-0.39, 0.29) is 27.1 Å². The Balaban J connectivity index is 1.24. The standard InChI is InChI=1S/C72H74N2/c1-68(2,3)48-30-37-63-59(42-48)60-43-49(69(4,5)6)31-38-64(60)74(63)62-36-28-47-25-32-57-61(35-27-46-26-33-58(62)67(47)66(46)57)73(53-40-51(71(10,11)12)39-52(41-53)72(13,14)15)65-44-50(70(7,8)9)29-34-56(65)55-24-20-19-23-54(55)45-21-17-16-18-22-45/h16-44H,1-15H3. The van der Waals surface area contributed by atoms with Crippen molar-refractivity contribution in [3.8, 4) is 27.9 Å². The number of aromatic nitrogens is 1. The number of benzene rings is 10. The van der Waals surface area contributed by atoms with E-state index >= 15 is 0 Å². The Kier molecular flexibility index (Phi) is 11.4. The maximum absolute atomic E-state index is 2.62. The number of anilines is 3. The highest BCUT2D eigenvalue weighted by molar-refractivity contribution is 6.27. The zero-order valence-corrected chi connectivity index (χ0v) is 46.6. The lowest BCUT2D eigenvalue weighted by molar-refractivity contribution is 0.569. The highest BCUT2D eigenvalue weighted by Crippen LogP contribution is 2.51. The number of hydrogen-bond donors (Lipinski definition) is 0. The van der Waals surface area contributed by atoms with E-state index in [1.165, 1.54) is 110 Å². The van der Waals surface area contributed by atoms with Crippen LogP contribution in [0.4, 0.5) is 17.1 Å². The van der Waals surface area contributed by atoms with Crippen molar-refractivity contribution in [2.45, 2.75) is 131 Å². The second-order valence-electron chi connectivity index (χ2n) is 26.4. The summed E-state index contributed by atoms with van der Waals surface area (Å²) in [5.41, 5.74) is 18.4. The van der Waals surface area contributed by atoms with E-state index in [9.17, 15) is 0 Å². The van der Waals surface area contributed by atoms with Gasteiger partial charge in [0.15, 0.2) is 0 Å². The SMILES string of the molecule is CC(C)(C)c1cc(N(c2cc(C(C)(C)C)ccc2-c2ccccc2-c2ccccc2)c2ccc3ccc4c(-n5c6ccc(C(C)(C)C)cc6c6cc(C(C)(C)C)ccc65)ccc5ccc2c3c54)cc(C(C)(C)C)c1. The van der Waals surface area contributed by atoms with Crippen LogP contribution in [-0.2, 0) is 27.1 Å². The lowest BCUT2D eigenvalue weighted by atomic mass is 9.80. The molecule has 1 heterocycles. The molecule has 0 atom stereocenters. The van der Waals surface area contributed by atoms with Gasteiger partial charge in [0.1, 0.15) is 0 Å². The molecule has 0 fully saturated rings. The zero-order chi connectivity index (χ0) is 52.4. The zero-order valence-electron chi connectivity index (χ0n) is 46.6. The van der Waals surface area contributed by atoms with E-state index < -0.39 is 0 Å². The topological polar surface area (TPSA) is 8.17 Å². The lowest BCUT2D eigenvalue weighted by Crippen LogP contribution is -2.20. The molecule has 372 valence electrons. The average Bonchev–Trinajstić information content (AvgIpc) is 3.68. The Labute approximate surface area is 441 Å². The first-order chi connectivity index (χ1) is 34.9. The van der Waals surface area contributed by atoms with Gasteiger partial charge in [-0.2, -0.15) is 0 Å². The molecular formula is C72H74N2. The van der Waals surface area contributed by atoms with Gasteiger partial charge >= 0.3 is 0 Å². The largest absolute Gasteiger partial charge is 0.309 e. The average molecular weight is 967 g/mol. The molecule has 0 aliphatic carbocycles. The first-order valence-corrected chi connectivity index (χ1v) is 26.9. The molecule has 0 N–H and O–H groups in total. The highest BCUT2D eigenvalue weighted by Gasteiger charge is 2.29. The number of fused-ring (bicyclic) bond motifs is 3. The van der Waals surface area contributed by atoms with Crippen LogP contribution in [0.5, 0.6) is 0 Å². The Bertz CT molecular complexity index is 3850. The number of rotatable bonds is 6. The molecule has 2 nitrogen and oxygen atoms in total. The fourth-order valence-electron chi connectivity index (χ4n) is 11.4. The van der Waals surface area contributed by atoms with Crippen molar-refractivity contribution in [2.24, 2.45) is 0 Å². The van der Waals surface area contributed by atoms with Gasteiger partial charge in [0, 0.05) is 32.8 Å². The highest BCUT2D eigenvalue weighted by atomic mass is 15.1. The third kappa shape index (κ3) is 8.45. The van der Waals surface area contributed by atoms with Crippen LogP contribution in [0.3, 0.4) is 0 Å². The summed E-state index contributed by atoms with van der Waals surface area (Å²) >= 11 is 0. The molecule has 0 aliphatic heterocycles. The van der Waals surface area contributed by atoms with Gasteiger partial charge in [-0.1, -0.05) is 225 Å². The van der Waals surface area contributed by atoms with E-state index in [0.29, 0.717) is 0 Å². The first kappa shape index (κ1) is 49.1. The quantitative estimate of drug-likeness (QED) is 0.151. The Morgan fingerprint density at radius 3 is 1.32 bits per heavy atom. The maximum atomic E-state index is 2.62. The monoisotopic (exact) mass is 967 g/mol. The minimum Gasteiger partial charge on any atom is -0.309 e. The molecule has 11 rings (SSSR count). The van der Waals surface area contributed by atoms with E-state index in [1.54, 1.807) is 0 Å². The second-order valence-corrected chi connectivity index (χ2v) is 26.4. The molecule has 0 bridgehead atoms. The molecule has 0 saturated carbocycles. The summed E-state index contributed by atoms with van der Waals surface area (Å²) in [6.45, 7) is 35.0. The van der Waals surface area contributed by atoms with Crippen LogP contribution in [0.25, 0.3) is 82.1 Å². The summed E-state index contributed by atoms with van der Waals surface area (Å²) in [5.74, 6) is 0. The van der Waals surface area contributed by atoms with Gasteiger partial charge in [0.2, 0.25) is 0 Å². The van der Waals surface area contributed by atoms with Crippen molar-refractivity contribution in [2.75, 3.05) is 4.90 Å². The van der Waals surface area contributed by atoms with Gasteiger partial charge in [-0.05, 0) is 148 Å². The summed E-state index contributed by atoms with van der Waals surface area (Å²) in [4.78, 5) is 2.62. The molecule has 0 unspecified atom stereocenters. The molecule has 2 heteroatoms. The molecule has 0 spiro atoms. The maximum Gasteiger partial charge on any atom is 0.0543 e. The predicted molar refractivity (Wildman–Crippen MR) is 324 cm³/mol. The summed E-state index contributed by atoms with van der Waals surface area (Å²) < 4.78 is 2.54. The van der Waals surface area contributed by atoms with Gasteiger partial charge in [0.05, 0.1) is 28.1 Å². The van der Waals surface area contributed by atoms with Crippen LogP contribution in [0.15, 0.2) is 176 Å². The molecule has 0 aliphatic rings. The van der Waals surface area contributed by atoms with Crippen molar-refractivity contribution >= 4 is 71.2 Å². The second kappa shape index (κ2) is 17.2. The summed E-state index contributed by atoms with van der Waals surface area (Å²) in [6.07, 6.45) is 0. The van der Waals surface area contributed by atoms with Gasteiger partial charge in [-0.25, -0.2) is 0 Å². The molecule has 10 aromatic carbocycles. The smallest absolute Gasteiger partial charge is 0.0543 e. The Morgan fingerprint density at radius 1 is 0.311 bits per heavy atom. The fraction of sp³-hybridized carbons (Fsp3) is 0.278. The molecule has 1 aromatic heterocycles. The lowest BCUT2D eigenvalue weighted by Gasteiger charge is -2.34. The molecular weight excluding hydrogens is 893 g/mol. The van der Waals surface area contributed by atoms with Gasteiger partial charge in [0.25, 0.3) is 0 Å². The van der Waals surface area contributed by atoms with Crippen LogP contribution in [0, 0.1) is 0 Å². The summed E-state index contributed by atoms with van der Waals surface area (Å²) in [6, 6.07) is 67.9.